The summed E-state index contributed by atoms with van der Waals surface area (Å²) in [5.41, 5.74) is 2.66. The summed E-state index contributed by atoms with van der Waals surface area (Å²) in [7, 11) is -1.34. The van der Waals surface area contributed by atoms with Gasteiger partial charge in [-0.1, -0.05) is 12.1 Å². The fourth-order valence-corrected chi connectivity index (χ4v) is 5.48. The van der Waals surface area contributed by atoms with Crippen molar-refractivity contribution in [3.05, 3.63) is 48.9 Å². The second-order valence-electron chi connectivity index (χ2n) is 9.22. The van der Waals surface area contributed by atoms with Gasteiger partial charge in [0.1, 0.15) is 5.52 Å². The molecule has 0 atom stereocenters. The fraction of sp³-hybridized carbons (Fsp3) is 0.375. The van der Waals surface area contributed by atoms with Crippen LogP contribution >= 0.6 is 0 Å². The van der Waals surface area contributed by atoms with Gasteiger partial charge in [-0.05, 0) is 65.0 Å². The maximum Gasteiger partial charge on any atom is 0.229 e. The van der Waals surface area contributed by atoms with Crippen LogP contribution in [-0.2, 0) is 9.84 Å². The van der Waals surface area contributed by atoms with Gasteiger partial charge in [0.25, 0.3) is 0 Å². The Balaban J connectivity index is 1.43. The highest BCUT2D eigenvalue weighted by molar-refractivity contribution is 7.92. The number of aromatic amines is 1. The van der Waals surface area contributed by atoms with Crippen LogP contribution in [0.2, 0.25) is 0 Å². The summed E-state index contributed by atoms with van der Waals surface area (Å²) in [5, 5.41) is 10.5. The number of benzene rings is 1. The van der Waals surface area contributed by atoms with E-state index >= 15 is 0 Å². The molecular weight excluding hydrogens is 464 g/mol. The molecule has 0 aliphatic carbocycles. The lowest BCUT2D eigenvalue weighted by molar-refractivity contribution is 0.212. The summed E-state index contributed by atoms with van der Waals surface area (Å²) >= 11 is 0. The Hall–Kier alpha value is -3.44. The van der Waals surface area contributed by atoms with Crippen molar-refractivity contribution in [2.75, 3.05) is 30.8 Å². The molecule has 0 amide bonds. The van der Waals surface area contributed by atoms with E-state index in [2.05, 4.69) is 42.6 Å². The molecule has 4 heterocycles. The Bertz CT molecular complexity index is 1430. The lowest BCUT2D eigenvalue weighted by atomic mass is 10.1. The molecule has 184 valence electrons. The van der Waals surface area contributed by atoms with Gasteiger partial charge in [-0.25, -0.2) is 13.4 Å². The van der Waals surface area contributed by atoms with Crippen molar-refractivity contribution in [3.8, 4) is 0 Å². The second kappa shape index (κ2) is 9.31. The third kappa shape index (κ3) is 4.73. The third-order valence-corrected chi connectivity index (χ3v) is 8.60. The maximum absolute atomic E-state index is 12.9. The molecule has 0 unspecified atom stereocenters. The molecule has 5 rings (SSSR count). The first-order chi connectivity index (χ1) is 16.8. The van der Waals surface area contributed by atoms with Crippen LogP contribution in [0.25, 0.3) is 11.0 Å². The van der Waals surface area contributed by atoms with Crippen LogP contribution in [0.15, 0.2) is 53.8 Å². The maximum atomic E-state index is 12.9. The van der Waals surface area contributed by atoms with Gasteiger partial charge in [0.2, 0.25) is 5.95 Å². The van der Waals surface area contributed by atoms with Crippen molar-refractivity contribution in [1.29, 1.82) is 0 Å². The second-order valence-corrected chi connectivity index (χ2v) is 11.7. The summed E-state index contributed by atoms with van der Waals surface area (Å²) in [6.07, 6.45) is 7.68. The molecular formula is C24H30N8O2S. The van der Waals surface area contributed by atoms with Gasteiger partial charge in [0, 0.05) is 12.4 Å². The standard InChI is InChI=1S/C24H30N8O2S/c1-16(2)35(33,34)21-7-5-4-6-19(21)28-23-22-20(8-11-25-22)29-24(30-23)27-17-14-26-32(15-17)18-9-12-31(3)13-10-18/h4-8,11,14-16,18,25H,9-10,12-13H2,1-3H3,(H2,27,28,29,30). The van der Waals surface area contributed by atoms with E-state index in [1.165, 1.54) is 0 Å². The average molecular weight is 495 g/mol. The number of sulfone groups is 1. The third-order valence-electron chi connectivity index (χ3n) is 6.39. The fourth-order valence-electron chi connectivity index (χ4n) is 4.28. The highest BCUT2D eigenvalue weighted by Crippen LogP contribution is 2.31. The summed E-state index contributed by atoms with van der Waals surface area (Å²) in [5.74, 6) is 0.878. The minimum atomic E-state index is -3.48. The molecule has 0 spiro atoms. The molecule has 3 N–H and O–H groups in total. The molecule has 1 aromatic carbocycles. The highest BCUT2D eigenvalue weighted by Gasteiger charge is 2.23. The summed E-state index contributed by atoms with van der Waals surface area (Å²) in [6, 6.07) is 9.11. The number of nitrogens with zero attached hydrogens (tertiary/aromatic N) is 5. The van der Waals surface area contributed by atoms with Gasteiger partial charge in [-0.2, -0.15) is 10.1 Å². The Morgan fingerprint density at radius 3 is 2.63 bits per heavy atom. The van der Waals surface area contributed by atoms with Gasteiger partial charge in [-0.15, -0.1) is 0 Å². The van der Waals surface area contributed by atoms with Gasteiger partial charge >= 0.3 is 0 Å². The predicted octanol–water partition coefficient (Wildman–Crippen LogP) is 4.09. The number of hydrogen-bond donors (Lipinski definition) is 3. The number of nitrogens with one attached hydrogen (secondary N) is 3. The van der Waals surface area contributed by atoms with Gasteiger partial charge in [0.15, 0.2) is 15.7 Å². The van der Waals surface area contributed by atoms with Crippen LogP contribution in [0.1, 0.15) is 32.7 Å². The Morgan fingerprint density at radius 2 is 1.86 bits per heavy atom. The Morgan fingerprint density at radius 1 is 1.09 bits per heavy atom. The largest absolute Gasteiger partial charge is 0.357 e. The molecule has 1 fully saturated rings. The van der Waals surface area contributed by atoms with E-state index < -0.39 is 15.1 Å². The number of H-pyrrole nitrogens is 1. The molecule has 0 saturated carbocycles. The highest BCUT2D eigenvalue weighted by atomic mass is 32.2. The molecule has 0 bridgehead atoms. The average Bonchev–Trinajstić information content (AvgIpc) is 3.50. The molecule has 1 aliphatic rings. The zero-order valence-corrected chi connectivity index (χ0v) is 20.9. The van der Waals surface area contributed by atoms with Gasteiger partial charge < -0.3 is 20.5 Å². The molecule has 1 saturated heterocycles. The number of aromatic nitrogens is 5. The van der Waals surface area contributed by atoms with Gasteiger partial charge in [0.05, 0.1) is 39.3 Å². The SMILES string of the molecule is CC(C)S(=O)(=O)c1ccccc1Nc1nc(Nc2cnn(C3CCN(C)CC3)c2)nc2cc[nH]c12. The summed E-state index contributed by atoms with van der Waals surface area (Å²) in [4.78, 5) is 15.0. The topological polar surface area (TPSA) is 121 Å². The van der Waals surface area contributed by atoms with Crippen LogP contribution < -0.4 is 10.6 Å². The Labute approximate surface area is 204 Å². The van der Waals surface area contributed by atoms with Crippen molar-refractivity contribution < 1.29 is 8.42 Å². The Kier molecular flexibility index (Phi) is 6.20. The van der Waals surface area contributed by atoms with Crippen molar-refractivity contribution in [2.24, 2.45) is 0 Å². The van der Waals surface area contributed by atoms with E-state index in [0.29, 0.717) is 34.5 Å². The normalized spacial score (nSPS) is 15.7. The van der Waals surface area contributed by atoms with Crippen LogP contribution in [0.3, 0.4) is 0 Å². The lowest BCUT2D eigenvalue weighted by Crippen LogP contribution is -2.31. The van der Waals surface area contributed by atoms with Crippen LogP contribution in [0.4, 0.5) is 23.1 Å². The van der Waals surface area contributed by atoms with E-state index in [1.807, 2.05) is 16.9 Å². The van der Waals surface area contributed by atoms with Crippen LogP contribution in [0, 0.1) is 0 Å². The minimum absolute atomic E-state index is 0.238. The molecule has 35 heavy (non-hydrogen) atoms. The van der Waals surface area contributed by atoms with E-state index in [9.17, 15) is 8.42 Å². The first-order valence-electron chi connectivity index (χ1n) is 11.8. The van der Waals surface area contributed by atoms with Crippen molar-refractivity contribution in [2.45, 2.75) is 42.9 Å². The smallest absolute Gasteiger partial charge is 0.229 e. The van der Waals surface area contributed by atoms with E-state index in [1.54, 1.807) is 50.5 Å². The molecule has 3 aromatic heterocycles. The first-order valence-corrected chi connectivity index (χ1v) is 13.3. The van der Waals surface area contributed by atoms with Crippen molar-refractivity contribution >= 4 is 44.0 Å². The number of anilines is 4. The number of likely N-dealkylation sites (tertiary alicyclic amines) is 1. The van der Waals surface area contributed by atoms with E-state index in [0.717, 1.165) is 31.6 Å². The molecule has 11 heteroatoms. The number of para-hydroxylation sites is 1. The quantitative estimate of drug-likeness (QED) is 0.351. The lowest BCUT2D eigenvalue weighted by Gasteiger charge is -2.28. The monoisotopic (exact) mass is 494 g/mol. The first kappa shape index (κ1) is 23.3. The number of fused-ring (bicyclic) bond motifs is 1. The summed E-state index contributed by atoms with van der Waals surface area (Å²) in [6.45, 7) is 5.47. The molecule has 0 radical (unpaired) electrons. The molecule has 4 aromatic rings. The van der Waals surface area contributed by atoms with Crippen LogP contribution in [0.5, 0.6) is 0 Å². The zero-order valence-electron chi connectivity index (χ0n) is 20.1. The van der Waals surface area contributed by atoms with Crippen LogP contribution in [-0.4, -0.2) is 63.4 Å². The molecule has 1 aliphatic heterocycles. The van der Waals surface area contributed by atoms with Crippen molar-refractivity contribution in [3.63, 3.8) is 0 Å². The molecule has 10 nitrogen and oxygen atoms in total. The predicted molar refractivity (Wildman–Crippen MR) is 137 cm³/mol. The summed E-state index contributed by atoms with van der Waals surface area (Å²) < 4.78 is 27.8. The van der Waals surface area contributed by atoms with E-state index in [-0.39, 0.29) is 4.90 Å². The number of hydrogen-bond acceptors (Lipinski definition) is 8. The van der Waals surface area contributed by atoms with Crippen molar-refractivity contribution in [1.82, 2.24) is 29.6 Å². The number of rotatable bonds is 7. The van der Waals surface area contributed by atoms with E-state index in [4.69, 9.17) is 0 Å². The zero-order chi connectivity index (χ0) is 24.6. The number of piperidine rings is 1. The minimum Gasteiger partial charge on any atom is -0.357 e. The van der Waals surface area contributed by atoms with Gasteiger partial charge in [-0.3, -0.25) is 4.68 Å².